The quantitative estimate of drug-likeness (QED) is 0.386. The SMILES string of the molecule is Cc1ccc(C2=NOC(c3cc(Cl)cc(Cl)c3)(C(F)(F)F)C2)cc1NC(=O)OCC(Cl)(Cl)Cl. The molecule has 1 aliphatic heterocycles. The second-order valence-corrected chi connectivity index (χ2v) is 10.5. The molecule has 1 amide bonds. The van der Waals surface area contributed by atoms with Gasteiger partial charge in [-0.3, -0.25) is 5.32 Å². The minimum absolute atomic E-state index is 0.00105. The summed E-state index contributed by atoms with van der Waals surface area (Å²) in [4.78, 5) is 17.0. The third kappa shape index (κ3) is 6.11. The first kappa shape index (κ1) is 26.0. The number of carbonyl (C=O) groups excluding carboxylic acids is 1. The van der Waals surface area contributed by atoms with E-state index in [-0.39, 0.29) is 32.6 Å². The topological polar surface area (TPSA) is 59.9 Å². The number of nitrogens with zero attached hydrogens (tertiary/aromatic N) is 1. The highest BCUT2D eigenvalue weighted by Crippen LogP contribution is 2.49. The average Bonchev–Trinajstić information content (AvgIpc) is 3.14. The largest absolute Gasteiger partial charge is 0.445 e. The summed E-state index contributed by atoms with van der Waals surface area (Å²) in [5.41, 5.74) is -1.91. The highest BCUT2D eigenvalue weighted by molar-refractivity contribution is 6.67. The highest BCUT2D eigenvalue weighted by atomic mass is 35.6. The standard InChI is InChI=1S/C20H14Cl5F3N2O3/c1-10-2-3-11(4-15(10)29-17(31)32-9-19(23,24)25)16-8-18(33-30-16,20(26,27)28)12-5-13(21)7-14(22)6-12/h2-7H,8-9H2,1H3,(H,29,31). The Labute approximate surface area is 211 Å². The summed E-state index contributed by atoms with van der Waals surface area (Å²) in [6.07, 6.45) is -6.39. The Bertz CT molecular complexity index is 1090. The van der Waals surface area contributed by atoms with E-state index in [0.717, 1.165) is 12.1 Å². The first-order valence-electron chi connectivity index (χ1n) is 9.10. The van der Waals surface area contributed by atoms with Gasteiger partial charge in [-0.25, -0.2) is 4.79 Å². The van der Waals surface area contributed by atoms with Gasteiger partial charge in [-0.1, -0.05) is 75.3 Å². The summed E-state index contributed by atoms with van der Waals surface area (Å²) in [5.74, 6) is 0. The lowest BCUT2D eigenvalue weighted by atomic mass is 9.86. The fourth-order valence-corrected chi connectivity index (χ4v) is 3.76. The Morgan fingerprint density at radius 2 is 1.79 bits per heavy atom. The van der Waals surface area contributed by atoms with Crippen molar-refractivity contribution in [1.29, 1.82) is 0 Å². The van der Waals surface area contributed by atoms with Crippen LogP contribution in [0.2, 0.25) is 10.0 Å². The molecule has 2 aromatic carbocycles. The summed E-state index contributed by atoms with van der Waals surface area (Å²) >= 11 is 28.5. The second kappa shape index (κ2) is 9.58. The molecule has 1 heterocycles. The van der Waals surface area contributed by atoms with Crippen molar-refractivity contribution < 1.29 is 27.5 Å². The molecule has 1 atom stereocenters. The van der Waals surface area contributed by atoms with Crippen molar-refractivity contribution in [3.8, 4) is 0 Å². The lowest BCUT2D eigenvalue weighted by molar-refractivity contribution is -0.275. The number of amides is 1. The predicted octanol–water partition coefficient (Wildman–Crippen LogP) is 7.80. The summed E-state index contributed by atoms with van der Waals surface area (Å²) in [6, 6.07) is 8.14. The Balaban J connectivity index is 1.87. The summed E-state index contributed by atoms with van der Waals surface area (Å²) in [5, 5.41) is 6.19. The van der Waals surface area contributed by atoms with Crippen LogP contribution in [0.1, 0.15) is 23.1 Å². The van der Waals surface area contributed by atoms with Gasteiger partial charge in [0, 0.05) is 33.3 Å². The third-order valence-electron chi connectivity index (χ3n) is 4.69. The Hall–Kier alpha value is -1.58. The van der Waals surface area contributed by atoms with Gasteiger partial charge in [0.15, 0.2) is 0 Å². The smallest absolute Gasteiger partial charge is 0.435 e. The van der Waals surface area contributed by atoms with Crippen LogP contribution in [0.5, 0.6) is 0 Å². The molecule has 1 aliphatic rings. The van der Waals surface area contributed by atoms with Crippen LogP contribution in [-0.4, -0.2) is 28.4 Å². The molecule has 0 radical (unpaired) electrons. The summed E-state index contributed by atoms with van der Waals surface area (Å²) in [6.45, 7) is 1.17. The van der Waals surface area contributed by atoms with E-state index in [1.165, 1.54) is 12.1 Å². The maximum absolute atomic E-state index is 14.2. The number of alkyl halides is 6. The molecule has 178 valence electrons. The minimum Gasteiger partial charge on any atom is -0.445 e. The maximum Gasteiger partial charge on any atom is 0.435 e. The van der Waals surface area contributed by atoms with Gasteiger partial charge in [0.1, 0.15) is 6.61 Å². The molecule has 0 spiro atoms. The number of hydrogen-bond donors (Lipinski definition) is 1. The molecule has 0 saturated heterocycles. The Morgan fingerprint density at radius 3 is 2.36 bits per heavy atom. The van der Waals surface area contributed by atoms with Gasteiger partial charge in [-0.05, 0) is 36.8 Å². The number of benzene rings is 2. The van der Waals surface area contributed by atoms with Crippen LogP contribution >= 0.6 is 58.0 Å². The molecular weight excluding hydrogens is 550 g/mol. The fraction of sp³-hybridized carbons (Fsp3) is 0.300. The molecule has 0 fully saturated rings. The minimum atomic E-state index is -4.83. The summed E-state index contributed by atoms with van der Waals surface area (Å²) in [7, 11) is 0. The van der Waals surface area contributed by atoms with Crippen LogP contribution in [0.15, 0.2) is 41.6 Å². The molecule has 1 unspecified atom stereocenters. The van der Waals surface area contributed by atoms with Gasteiger partial charge < -0.3 is 9.57 Å². The molecule has 0 aromatic heterocycles. The van der Waals surface area contributed by atoms with Gasteiger partial charge in [0.05, 0.1) is 5.71 Å². The number of oxime groups is 1. The molecule has 13 heteroatoms. The van der Waals surface area contributed by atoms with Gasteiger partial charge in [0.2, 0.25) is 3.79 Å². The number of ether oxygens (including phenoxy) is 1. The number of anilines is 1. The first-order chi connectivity index (χ1) is 15.2. The normalized spacial score (nSPS) is 18.5. The van der Waals surface area contributed by atoms with Crippen molar-refractivity contribution in [1.82, 2.24) is 0 Å². The van der Waals surface area contributed by atoms with Gasteiger partial charge >= 0.3 is 12.3 Å². The highest BCUT2D eigenvalue weighted by Gasteiger charge is 2.62. The molecule has 2 aromatic rings. The Kier molecular flexibility index (Phi) is 7.56. The zero-order valence-corrected chi connectivity index (χ0v) is 20.4. The van der Waals surface area contributed by atoms with Crippen LogP contribution in [-0.2, 0) is 15.2 Å². The van der Waals surface area contributed by atoms with Gasteiger partial charge in [-0.15, -0.1) is 0 Å². The Morgan fingerprint density at radius 1 is 1.15 bits per heavy atom. The maximum atomic E-state index is 14.2. The molecule has 0 bridgehead atoms. The number of carbonyl (C=O) groups is 1. The van der Waals surface area contributed by atoms with Crippen LogP contribution < -0.4 is 5.32 Å². The van der Waals surface area contributed by atoms with Crippen LogP contribution in [0.3, 0.4) is 0 Å². The van der Waals surface area contributed by atoms with E-state index < -0.39 is 34.7 Å². The van der Waals surface area contributed by atoms with Crippen molar-refractivity contribution in [3.63, 3.8) is 0 Å². The van der Waals surface area contributed by atoms with E-state index in [0.29, 0.717) is 5.56 Å². The van der Waals surface area contributed by atoms with E-state index in [9.17, 15) is 18.0 Å². The number of aryl methyl sites for hydroxylation is 1. The number of rotatable bonds is 4. The van der Waals surface area contributed by atoms with E-state index in [4.69, 9.17) is 67.6 Å². The van der Waals surface area contributed by atoms with E-state index in [1.54, 1.807) is 19.1 Å². The molecule has 0 saturated carbocycles. The van der Waals surface area contributed by atoms with Crippen LogP contribution in [0.4, 0.5) is 23.7 Å². The molecule has 1 N–H and O–H groups in total. The number of halogens is 8. The lowest BCUT2D eigenvalue weighted by Crippen LogP contribution is -2.42. The number of nitrogens with one attached hydrogen (secondary N) is 1. The zero-order chi connectivity index (χ0) is 24.6. The van der Waals surface area contributed by atoms with E-state index in [1.807, 2.05) is 0 Å². The van der Waals surface area contributed by atoms with Crippen molar-refractivity contribution in [3.05, 3.63) is 63.1 Å². The predicted molar refractivity (Wildman–Crippen MR) is 123 cm³/mol. The third-order valence-corrected chi connectivity index (χ3v) is 5.45. The van der Waals surface area contributed by atoms with E-state index in [2.05, 4.69) is 10.5 Å². The van der Waals surface area contributed by atoms with Gasteiger partial charge in [0.25, 0.3) is 5.60 Å². The van der Waals surface area contributed by atoms with Crippen molar-refractivity contribution in [2.24, 2.45) is 5.16 Å². The van der Waals surface area contributed by atoms with Crippen LogP contribution in [0.25, 0.3) is 0 Å². The fourth-order valence-electron chi connectivity index (χ4n) is 3.08. The van der Waals surface area contributed by atoms with E-state index >= 15 is 0 Å². The van der Waals surface area contributed by atoms with Crippen molar-refractivity contribution >= 4 is 75.5 Å². The van der Waals surface area contributed by atoms with Crippen molar-refractivity contribution in [2.75, 3.05) is 11.9 Å². The molecule has 3 rings (SSSR count). The van der Waals surface area contributed by atoms with Crippen LogP contribution in [0, 0.1) is 6.92 Å². The lowest BCUT2D eigenvalue weighted by Gasteiger charge is -2.29. The average molecular weight is 565 g/mol. The molecule has 33 heavy (non-hydrogen) atoms. The summed E-state index contributed by atoms with van der Waals surface area (Å²) < 4.78 is 45.5. The molecular formula is C20H14Cl5F3N2O3. The molecule has 5 nitrogen and oxygen atoms in total. The first-order valence-corrected chi connectivity index (χ1v) is 11.0. The number of hydrogen-bond acceptors (Lipinski definition) is 4. The van der Waals surface area contributed by atoms with Gasteiger partial charge in [-0.2, -0.15) is 13.2 Å². The van der Waals surface area contributed by atoms with Crippen molar-refractivity contribution in [2.45, 2.75) is 28.9 Å². The zero-order valence-electron chi connectivity index (χ0n) is 16.6. The monoisotopic (exact) mass is 562 g/mol. The second-order valence-electron chi connectivity index (χ2n) is 7.13. The molecule has 0 aliphatic carbocycles.